The van der Waals surface area contributed by atoms with Crippen molar-refractivity contribution in [2.24, 2.45) is 5.84 Å². The average molecular weight is 294 g/mol. The Hall–Kier alpha value is -2.61. The van der Waals surface area contributed by atoms with E-state index in [2.05, 4.69) is 15.7 Å². The molecule has 1 aliphatic heterocycles. The van der Waals surface area contributed by atoms with E-state index in [1.54, 1.807) is 18.2 Å². The summed E-state index contributed by atoms with van der Waals surface area (Å²) in [7, 11) is 0. The smallest absolute Gasteiger partial charge is 0.178 e. The fourth-order valence-electron chi connectivity index (χ4n) is 1.91. The van der Waals surface area contributed by atoms with Crippen LogP contribution in [0.4, 0.5) is 26.1 Å². The van der Waals surface area contributed by atoms with Gasteiger partial charge in [-0.25, -0.2) is 19.6 Å². The Bertz CT molecular complexity index is 681. The number of nitrogen functional groups attached to an aromatic ring is 1. The number of benzene rings is 1. The summed E-state index contributed by atoms with van der Waals surface area (Å²) in [6.45, 7) is 0.931. The molecule has 2 heterocycles. The lowest BCUT2D eigenvalue weighted by atomic mass is 10.2. The van der Waals surface area contributed by atoms with E-state index in [0.29, 0.717) is 36.5 Å². The lowest BCUT2D eigenvalue weighted by molar-refractivity contribution is 0.171. The minimum Gasteiger partial charge on any atom is -0.486 e. The van der Waals surface area contributed by atoms with Gasteiger partial charge >= 0.3 is 0 Å². The largest absolute Gasteiger partial charge is 0.486 e. The highest BCUT2D eigenvalue weighted by Crippen LogP contribution is 2.33. The lowest BCUT2D eigenvalue weighted by Gasteiger charge is -2.19. The first-order chi connectivity index (χ1) is 10.2. The highest BCUT2D eigenvalue weighted by Gasteiger charge is 2.14. The Morgan fingerprint density at radius 1 is 1.00 bits per heavy atom. The first-order valence-corrected chi connectivity index (χ1v) is 6.16. The second-order valence-electron chi connectivity index (χ2n) is 4.28. The van der Waals surface area contributed by atoms with Gasteiger partial charge < -0.3 is 20.2 Å². The van der Waals surface area contributed by atoms with E-state index < -0.39 is 11.6 Å². The standard InChI is InChI=1S/C13H12F2N4O2/c14-8-6-9(15)13(19-16)18-12(8)17-7-1-2-10-11(5-7)21-4-3-20-10/h1-2,5-6H,3-4,16H2,(H2,17,18,19). The van der Waals surface area contributed by atoms with Crippen molar-refractivity contribution < 1.29 is 18.3 Å². The molecule has 0 radical (unpaired) electrons. The summed E-state index contributed by atoms with van der Waals surface area (Å²) in [5.74, 6) is 4.17. The van der Waals surface area contributed by atoms with Gasteiger partial charge in [-0.15, -0.1) is 0 Å². The third-order valence-electron chi connectivity index (χ3n) is 2.87. The minimum atomic E-state index is -0.872. The zero-order valence-corrected chi connectivity index (χ0v) is 10.8. The molecule has 0 amide bonds. The maximum absolute atomic E-state index is 13.7. The molecule has 2 aromatic rings. The van der Waals surface area contributed by atoms with Gasteiger partial charge in [0.25, 0.3) is 0 Å². The number of nitrogens with one attached hydrogen (secondary N) is 2. The fraction of sp³-hybridized carbons (Fsp3) is 0.154. The number of hydrogen-bond donors (Lipinski definition) is 3. The molecule has 0 atom stereocenters. The number of hydrazine groups is 1. The van der Waals surface area contributed by atoms with Crippen LogP contribution in [0.2, 0.25) is 0 Å². The third kappa shape index (κ3) is 2.65. The molecule has 6 nitrogen and oxygen atoms in total. The summed E-state index contributed by atoms with van der Waals surface area (Å²) in [6.07, 6.45) is 0. The summed E-state index contributed by atoms with van der Waals surface area (Å²) in [4.78, 5) is 3.73. The van der Waals surface area contributed by atoms with Crippen LogP contribution in [0.25, 0.3) is 0 Å². The number of ether oxygens (including phenoxy) is 2. The van der Waals surface area contributed by atoms with Crippen molar-refractivity contribution in [1.29, 1.82) is 0 Å². The fourth-order valence-corrected chi connectivity index (χ4v) is 1.91. The molecule has 21 heavy (non-hydrogen) atoms. The van der Waals surface area contributed by atoms with Crippen molar-refractivity contribution in [1.82, 2.24) is 4.98 Å². The maximum atomic E-state index is 13.7. The van der Waals surface area contributed by atoms with E-state index in [9.17, 15) is 8.78 Å². The molecule has 0 bridgehead atoms. The third-order valence-corrected chi connectivity index (χ3v) is 2.87. The van der Waals surface area contributed by atoms with Crippen molar-refractivity contribution in [2.75, 3.05) is 24.0 Å². The summed E-state index contributed by atoms with van der Waals surface area (Å²) in [5.41, 5.74) is 2.59. The molecule has 1 aliphatic rings. The van der Waals surface area contributed by atoms with Crippen LogP contribution in [0.1, 0.15) is 0 Å². The van der Waals surface area contributed by atoms with Crippen LogP contribution in [0.3, 0.4) is 0 Å². The van der Waals surface area contributed by atoms with Crippen molar-refractivity contribution >= 4 is 17.3 Å². The average Bonchev–Trinajstić information content (AvgIpc) is 2.50. The van der Waals surface area contributed by atoms with Crippen LogP contribution in [-0.4, -0.2) is 18.2 Å². The van der Waals surface area contributed by atoms with Crippen LogP contribution in [0.15, 0.2) is 24.3 Å². The Labute approximate surface area is 118 Å². The molecule has 1 aromatic carbocycles. The first kappa shape index (κ1) is 13.4. The number of nitrogens with two attached hydrogens (primary N) is 1. The minimum absolute atomic E-state index is 0.152. The van der Waals surface area contributed by atoms with Gasteiger partial charge in [0.1, 0.15) is 13.2 Å². The van der Waals surface area contributed by atoms with Gasteiger partial charge in [0.2, 0.25) is 0 Å². The summed E-state index contributed by atoms with van der Waals surface area (Å²) in [6, 6.07) is 5.71. The molecule has 1 aromatic heterocycles. The van der Waals surface area contributed by atoms with Crippen LogP contribution in [0.5, 0.6) is 11.5 Å². The summed E-state index contributed by atoms with van der Waals surface area (Å²) >= 11 is 0. The van der Waals surface area contributed by atoms with E-state index in [1.807, 2.05) is 0 Å². The molecule has 0 saturated heterocycles. The molecule has 0 fully saturated rings. The molecule has 8 heteroatoms. The molecule has 3 rings (SSSR count). The summed E-state index contributed by atoms with van der Waals surface area (Å²) < 4.78 is 37.8. The zero-order chi connectivity index (χ0) is 14.8. The molecule has 0 saturated carbocycles. The van der Waals surface area contributed by atoms with E-state index >= 15 is 0 Å². The number of rotatable bonds is 3. The SMILES string of the molecule is NNc1nc(Nc2ccc3c(c2)OCCO3)c(F)cc1F. The molecule has 0 spiro atoms. The van der Waals surface area contributed by atoms with Crippen molar-refractivity contribution in [2.45, 2.75) is 0 Å². The van der Waals surface area contributed by atoms with Gasteiger partial charge in [0, 0.05) is 17.8 Å². The second kappa shape index (κ2) is 5.41. The van der Waals surface area contributed by atoms with E-state index in [0.717, 1.165) is 0 Å². The van der Waals surface area contributed by atoms with Crippen molar-refractivity contribution in [3.05, 3.63) is 35.9 Å². The molecule has 0 unspecified atom stereocenters. The normalized spacial score (nSPS) is 12.9. The number of hydrogen-bond acceptors (Lipinski definition) is 6. The van der Waals surface area contributed by atoms with Gasteiger partial charge in [-0.2, -0.15) is 0 Å². The zero-order valence-electron chi connectivity index (χ0n) is 10.8. The predicted octanol–water partition coefficient (Wildman–Crippen LogP) is 2.16. The maximum Gasteiger partial charge on any atom is 0.178 e. The number of fused-ring (bicyclic) bond motifs is 1. The van der Waals surface area contributed by atoms with Gasteiger partial charge in [-0.3, -0.25) is 0 Å². The highest BCUT2D eigenvalue weighted by atomic mass is 19.1. The van der Waals surface area contributed by atoms with Crippen molar-refractivity contribution in [3.8, 4) is 11.5 Å². The Morgan fingerprint density at radius 3 is 2.48 bits per heavy atom. The monoisotopic (exact) mass is 294 g/mol. The van der Waals surface area contributed by atoms with Crippen LogP contribution >= 0.6 is 0 Å². The van der Waals surface area contributed by atoms with Crippen LogP contribution in [0, 0.1) is 11.6 Å². The molecule has 0 aliphatic carbocycles. The quantitative estimate of drug-likeness (QED) is 0.594. The molecular weight excluding hydrogens is 282 g/mol. The molecule has 4 N–H and O–H groups in total. The summed E-state index contributed by atoms with van der Waals surface area (Å²) in [5, 5.41) is 2.74. The van der Waals surface area contributed by atoms with E-state index in [-0.39, 0.29) is 11.6 Å². The van der Waals surface area contributed by atoms with E-state index in [4.69, 9.17) is 15.3 Å². The highest BCUT2D eigenvalue weighted by molar-refractivity contribution is 5.63. The predicted molar refractivity (Wildman–Crippen MR) is 72.7 cm³/mol. The first-order valence-electron chi connectivity index (χ1n) is 6.16. The number of aromatic nitrogens is 1. The van der Waals surface area contributed by atoms with Gasteiger partial charge in [0.15, 0.2) is 34.8 Å². The number of nitrogens with zero attached hydrogens (tertiary/aromatic N) is 1. The number of anilines is 3. The van der Waals surface area contributed by atoms with E-state index in [1.165, 1.54) is 0 Å². The topological polar surface area (TPSA) is 81.4 Å². The Balaban J connectivity index is 1.90. The van der Waals surface area contributed by atoms with Gasteiger partial charge in [0.05, 0.1) is 0 Å². The van der Waals surface area contributed by atoms with Crippen LogP contribution in [-0.2, 0) is 0 Å². The van der Waals surface area contributed by atoms with Gasteiger partial charge in [-0.05, 0) is 12.1 Å². The number of pyridine rings is 1. The molecule has 110 valence electrons. The Morgan fingerprint density at radius 2 is 1.71 bits per heavy atom. The van der Waals surface area contributed by atoms with Crippen molar-refractivity contribution in [3.63, 3.8) is 0 Å². The van der Waals surface area contributed by atoms with Gasteiger partial charge in [-0.1, -0.05) is 0 Å². The lowest BCUT2D eigenvalue weighted by Crippen LogP contribution is -2.15. The van der Waals surface area contributed by atoms with Crippen LogP contribution < -0.4 is 26.1 Å². The number of halogens is 2. The Kier molecular flexibility index (Phi) is 3.44. The second-order valence-corrected chi connectivity index (χ2v) is 4.28. The molecular formula is C13H12F2N4O2.